The SMILES string of the molecule is N#CCCCN1CCN(CC(=O)N2CCCCC2)CC1. The zero-order valence-corrected chi connectivity index (χ0v) is 12.4. The molecule has 2 aliphatic rings. The Balaban J connectivity index is 1.63. The second-order valence-electron chi connectivity index (χ2n) is 5.82. The van der Waals surface area contributed by atoms with Gasteiger partial charge in [-0.1, -0.05) is 0 Å². The van der Waals surface area contributed by atoms with Crippen molar-refractivity contribution in [3.8, 4) is 6.07 Å². The van der Waals surface area contributed by atoms with E-state index in [1.54, 1.807) is 0 Å². The summed E-state index contributed by atoms with van der Waals surface area (Å²) < 4.78 is 0. The van der Waals surface area contributed by atoms with Crippen molar-refractivity contribution < 1.29 is 4.79 Å². The molecule has 0 radical (unpaired) electrons. The number of likely N-dealkylation sites (tertiary alicyclic amines) is 1. The molecule has 2 fully saturated rings. The monoisotopic (exact) mass is 278 g/mol. The first-order chi connectivity index (χ1) is 9.79. The highest BCUT2D eigenvalue weighted by Gasteiger charge is 2.22. The van der Waals surface area contributed by atoms with Gasteiger partial charge in [-0.05, 0) is 32.2 Å². The predicted octanol–water partition coefficient (Wildman–Crippen LogP) is 0.920. The highest BCUT2D eigenvalue weighted by atomic mass is 16.2. The van der Waals surface area contributed by atoms with E-state index in [-0.39, 0.29) is 0 Å². The van der Waals surface area contributed by atoms with Crippen molar-refractivity contribution in [1.82, 2.24) is 14.7 Å². The van der Waals surface area contributed by atoms with Crippen molar-refractivity contribution >= 4 is 5.91 Å². The summed E-state index contributed by atoms with van der Waals surface area (Å²) in [6, 6.07) is 2.19. The van der Waals surface area contributed by atoms with E-state index in [0.29, 0.717) is 18.9 Å². The lowest BCUT2D eigenvalue weighted by Crippen LogP contribution is -2.50. The molecule has 0 spiro atoms. The molecule has 0 unspecified atom stereocenters. The molecule has 20 heavy (non-hydrogen) atoms. The van der Waals surface area contributed by atoms with Crippen LogP contribution in [0.4, 0.5) is 0 Å². The lowest BCUT2D eigenvalue weighted by molar-refractivity contribution is -0.133. The first-order valence-electron chi connectivity index (χ1n) is 7.89. The largest absolute Gasteiger partial charge is 0.342 e. The molecule has 0 aromatic heterocycles. The second kappa shape index (κ2) is 8.23. The molecule has 2 aliphatic heterocycles. The molecule has 0 bridgehead atoms. The number of hydrogen-bond donors (Lipinski definition) is 0. The molecule has 1 amide bonds. The molecule has 2 rings (SSSR count). The maximum Gasteiger partial charge on any atom is 0.236 e. The van der Waals surface area contributed by atoms with E-state index in [1.165, 1.54) is 19.3 Å². The van der Waals surface area contributed by atoms with Crippen molar-refractivity contribution in [2.45, 2.75) is 32.1 Å². The molecule has 5 heteroatoms. The Kier molecular flexibility index (Phi) is 6.28. The number of nitriles is 1. The van der Waals surface area contributed by atoms with Crippen LogP contribution >= 0.6 is 0 Å². The zero-order valence-electron chi connectivity index (χ0n) is 12.4. The van der Waals surface area contributed by atoms with Crippen LogP contribution in [0.15, 0.2) is 0 Å². The molecule has 0 aromatic rings. The molecule has 0 aliphatic carbocycles. The maximum atomic E-state index is 12.2. The summed E-state index contributed by atoms with van der Waals surface area (Å²) in [6.45, 7) is 7.52. The third-order valence-electron chi connectivity index (χ3n) is 4.30. The number of piperidine rings is 1. The fourth-order valence-corrected chi connectivity index (χ4v) is 2.99. The Labute approximate surface area is 122 Å². The van der Waals surface area contributed by atoms with Gasteiger partial charge in [0.05, 0.1) is 12.6 Å². The summed E-state index contributed by atoms with van der Waals surface area (Å²) in [5.74, 6) is 0.308. The molecular weight excluding hydrogens is 252 g/mol. The van der Waals surface area contributed by atoms with Crippen LogP contribution in [0, 0.1) is 11.3 Å². The summed E-state index contributed by atoms with van der Waals surface area (Å²) in [6.07, 6.45) is 5.21. The number of amides is 1. The molecule has 0 aromatic carbocycles. The Hall–Kier alpha value is -1.12. The van der Waals surface area contributed by atoms with Crippen LogP contribution in [0.5, 0.6) is 0 Å². The lowest BCUT2D eigenvalue weighted by atomic mass is 10.1. The van der Waals surface area contributed by atoms with E-state index in [2.05, 4.69) is 15.9 Å². The molecule has 2 saturated heterocycles. The fourth-order valence-electron chi connectivity index (χ4n) is 2.99. The van der Waals surface area contributed by atoms with Crippen LogP contribution in [0.25, 0.3) is 0 Å². The van der Waals surface area contributed by atoms with Crippen LogP contribution in [0.2, 0.25) is 0 Å². The number of rotatable bonds is 5. The minimum absolute atomic E-state index is 0.308. The van der Waals surface area contributed by atoms with E-state index in [4.69, 9.17) is 5.26 Å². The van der Waals surface area contributed by atoms with E-state index < -0.39 is 0 Å². The van der Waals surface area contributed by atoms with Gasteiger partial charge < -0.3 is 9.80 Å². The maximum absolute atomic E-state index is 12.2. The van der Waals surface area contributed by atoms with Gasteiger partial charge in [0, 0.05) is 45.7 Å². The van der Waals surface area contributed by atoms with Crippen LogP contribution in [0.1, 0.15) is 32.1 Å². The average molecular weight is 278 g/mol. The smallest absolute Gasteiger partial charge is 0.236 e. The number of nitrogens with zero attached hydrogens (tertiary/aromatic N) is 4. The molecule has 5 nitrogen and oxygen atoms in total. The van der Waals surface area contributed by atoms with Gasteiger partial charge >= 0.3 is 0 Å². The third kappa shape index (κ3) is 4.77. The van der Waals surface area contributed by atoms with Gasteiger partial charge in [0.1, 0.15) is 0 Å². The van der Waals surface area contributed by atoms with Crippen LogP contribution < -0.4 is 0 Å². The summed E-state index contributed by atoms with van der Waals surface area (Å²) >= 11 is 0. The molecule has 0 N–H and O–H groups in total. The quantitative estimate of drug-likeness (QED) is 0.702. The van der Waals surface area contributed by atoms with Crippen LogP contribution in [-0.2, 0) is 4.79 Å². The normalized spacial score (nSPS) is 21.6. The minimum atomic E-state index is 0.308. The van der Waals surface area contributed by atoms with Crippen molar-refractivity contribution in [3.63, 3.8) is 0 Å². The lowest BCUT2D eigenvalue weighted by Gasteiger charge is -2.36. The number of hydrogen-bond acceptors (Lipinski definition) is 4. The molecule has 2 heterocycles. The van der Waals surface area contributed by atoms with E-state index in [9.17, 15) is 4.79 Å². The van der Waals surface area contributed by atoms with Crippen LogP contribution in [0.3, 0.4) is 0 Å². The van der Waals surface area contributed by atoms with Gasteiger partial charge in [-0.3, -0.25) is 9.69 Å². The van der Waals surface area contributed by atoms with Crippen molar-refractivity contribution in [2.75, 3.05) is 52.4 Å². The summed E-state index contributed by atoms with van der Waals surface area (Å²) in [5, 5.41) is 8.54. The van der Waals surface area contributed by atoms with Gasteiger partial charge in [0.2, 0.25) is 5.91 Å². The van der Waals surface area contributed by atoms with Gasteiger partial charge in [0.15, 0.2) is 0 Å². The Morgan fingerprint density at radius 3 is 2.25 bits per heavy atom. The average Bonchev–Trinajstić information content (AvgIpc) is 2.50. The van der Waals surface area contributed by atoms with Gasteiger partial charge in [-0.2, -0.15) is 5.26 Å². The standard InChI is InChI=1S/C15H26N4O/c16-6-2-5-7-17-10-12-18(13-11-17)14-15(20)19-8-3-1-4-9-19/h1-5,7-14H2. The Morgan fingerprint density at radius 1 is 0.950 bits per heavy atom. The molecule has 0 saturated carbocycles. The fraction of sp³-hybridized carbons (Fsp3) is 0.867. The van der Waals surface area contributed by atoms with Gasteiger partial charge in [-0.25, -0.2) is 0 Å². The van der Waals surface area contributed by atoms with E-state index in [1.807, 2.05) is 4.90 Å². The molecule has 0 atom stereocenters. The van der Waals surface area contributed by atoms with Crippen molar-refractivity contribution in [3.05, 3.63) is 0 Å². The summed E-state index contributed by atoms with van der Waals surface area (Å²) in [5.41, 5.74) is 0. The third-order valence-corrected chi connectivity index (χ3v) is 4.30. The number of unbranched alkanes of at least 4 members (excludes halogenated alkanes) is 1. The second-order valence-corrected chi connectivity index (χ2v) is 5.82. The van der Waals surface area contributed by atoms with E-state index in [0.717, 1.165) is 52.2 Å². The van der Waals surface area contributed by atoms with Crippen molar-refractivity contribution in [1.29, 1.82) is 5.26 Å². The summed E-state index contributed by atoms with van der Waals surface area (Å²) in [4.78, 5) is 18.9. The van der Waals surface area contributed by atoms with Crippen molar-refractivity contribution in [2.24, 2.45) is 0 Å². The number of carbonyl (C=O) groups excluding carboxylic acids is 1. The predicted molar refractivity (Wildman–Crippen MR) is 78.2 cm³/mol. The van der Waals surface area contributed by atoms with Crippen LogP contribution in [-0.4, -0.2) is 73.0 Å². The topological polar surface area (TPSA) is 50.6 Å². The Bertz CT molecular complexity index is 338. The highest BCUT2D eigenvalue weighted by Crippen LogP contribution is 2.10. The number of piperazine rings is 1. The molecule has 112 valence electrons. The first kappa shape index (κ1) is 15.3. The van der Waals surface area contributed by atoms with Gasteiger partial charge in [-0.15, -0.1) is 0 Å². The summed E-state index contributed by atoms with van der Waals surface area (Å²) in [7, 11) is 0. The van der Waals surface area contributed by atoms with Gasteiger partial charge in [0.25, 0.3) is 0 Å². The number of carbonyl (C=O) groups is 1. The Morgan fingerprint density at radius 2 is 1.60 bits per heavy atom. The minimum Gasteiger partial charge on any atom is -0.342 e. The first-order valence-corrected chi connectivity index (χ1v) is 7.89. The molecular formula is C15H26N4O. The van der Waals surface area contributed by atoms with E-state index >= 15 is 0 Å². The zero-order chi connectivity index (χ0) is 14.2. The highest BCUT2D eigenvalue weighted by molar-refractivity contribution is 5.78.